The van der Waals surface area contributed by atoms with Crippen LogP contribution in [0.1, 0.15) is 27.7 Å². The highest BCUT2D eigenvalue weighted by Crippen LogP contribution is 2.35. The topological polar surface area (TPSA) is 75.7 Å². The molecule has 1 heterocycles. The lowest BCUT2D eigenvalue weighted by Crippen LogP contribution is -2.58. The molecule has 90 valence electrons. The number of rotatable bonds is 1. The highest BCUT2D eigenvalue weighted by molar-refractivity contribution is 4.94. The van der Waals surface area contributed by atoms with Crippen LogP contribution in [0.2, 0.25) is 0 Å². The first-order chi connectivity index (χ1) is 6.79. The maximum atomic E-state index is 10.0. The Labute approximate surface area is 91.4 Å². The van der Waals surface area contributed by atoms with Crippen molar-refractivity contribution < 1.29 is 14.9 Å². The summed E-state index contributed by atoms with van der Waals surface area (Å²) in [6.07, 6.45) is -1.96. The minimum absolute atomic E-state index is 0.152. The Morgan fingerprint density at radius 3 is 2.13 bits per heavy atom. The lowest BCUT2D eigenvalue weighted by atomic mass is 9.77. The van der Waals surface area contributed by atoms with Crippen molar-refractivity contribution >= 4 is 0 Å². The van der Waals surface area contributed by atoms with Gasteiger partial charge in [0, 0.05) is 12.5 Å². The Morgan fingerprint density at radius 1 is 1.20 bits per heavy atom. The Hall–Kier alpha value is -0.160. The van der Waals surface area contributed by atoms with Crippen LogP contribution in [-0.4, -0.2) is 41.2 Å². The minimum atomic E-state index is -0.677. The summed E-state index contributed by atoms with van der Waals surface area (Å²) < 4.78 is 5.67. The van der Waals surface area contributed by atoms with E-state index in [9.17, 15) is 10.2 Å². The summed E-state index contributed by atoms with van der Waals surface area (Å²) >= 11 is 0. The van der Waals surface area contributed by atoms with E-state index in [4.69, 9.17) is 10.5 Å². The highest BCUT2D eigenvalue weighted by Gasteiger charge is 2.45. The predicted octanol–water partition coefficient (Wildman–Crippen LogP) is 0.116. The molecule has 1 rings (SSSR count). The normalized spacial score (nSPS) is 43.0. The van der Waals surface area contributed by atoms with Crippen molar-refractivity contribution in [2.75, 3.05) is 6.54 Å². The molecule has 0 bridgehead atoms. The lowest BCUT2D eigenvalue weighted by molar-refractivity contribution is -0.219. The fourth-order valence-corrected chi connectivity index (χ4v) is 2.08. The molecule has 0 aliphatic carbocycles. The van der Waals surface area contributed by atoms with Gasteiger partial charge in [0.25, 0.3) is 0 Å². The maximum Gasteiger partial charge on any atom is 0.0964 e. The zero-order valence-electron chi connectivity index (χ0n) is 9.97. The zero-order valence-corrected chi connectivity index (χ0v) is 9.97. The van der Waals surface area contributed by atoms with Crippen molar-refractivity contribution in [3.63, 3.8) is 0 Å². The van der Waals surface area contributed by atoms with E-state index in [2.05, 4.69) is 0 Å². The third-order valence-corrected chi connectivity index (χ3v) is 3.18. The van der Waals surface area contributed by atoms with E-state index < -0.39 is 12.2 Å². The zero-order chi connectivity index (χ0) is 11.8. The van der Waals surface area contributed by atoms with Gasteiger partial charge in [-0.1, -0.05) is 27.7 Å². The van der Waals surface area contributed by atoms with Gasteiger partial charge in [0.15, 0.2) is 0 Å². The maximum absolute atomic E-state index is 10.0. The molecule has 1 saturated heterocycles. The molecule has 1 fully saturated rings. The fourth-order valence-electron chi connectivity index (χ4n) is 2.08. The molecule has 0 spiro atoms. The molecule has 1 aliphatic heterocycles. The van der Waals surface area contributed by atoms with Crippen molar-refractivity contribution in [2.24, 2.45) is 17.1 Å². The van der Waals surface area contributed by atoms with Crippen LogP contribution >= 0.6 is 0 Å². The molecule has 0 unspecified atom stereocenters. The fraction of sp³-hybridized carbons (Fsp3) is 1.00. The Morgan fingerprint density at radius 2 is 1.73 bits per heavy atom. The van der Waals surface area contributed by atoms with Crippen molar-refractivity contribution in [1.82, 2.24) is 0 Å². The second-order valence-electron chi connectivity index (χ2n) is 5.54. The number of aliphatic hydroxyl groups excluding tert-OH is 2. The lowest BCUT2D eigenvalue weighted by Gasteiger charge is -2.46. The van der Waals surface area contributed by atoms with Gasteiger partial charge < -0.3 is 20.7 Å². The SMILES string of the molecule is C[C@@H]1[C@@H](O)[C@H](C(C)(C)C)O[C@H](CN)[C@H]1O. The van der Waals surface area contributed by atoms with E-state index in [1.807, 2.05) is 27.7 Å². The molecule has 4 nitrogen and oxygen atoms in total. The first-order valence-corrected chi connectivity index (χ1v) is 5.50. The molecule has 5 atom stereocenters. The van der Waals surface area contributed by atoms with Crippen LogP contribution in [-0.2, 0) is 4.74 Å². The largest absolute Gasteiger partial charge is 0.390 e. The third kappa shape index (κ3) is 2.50. The molecule has 0 radical (unpaired) electrons. The Balaban J connectivity index is 2.83. The molecule has 1 aliphatic rings. The highest BCUT2D eigenvalue weighted by atomic mass is 16.5. The van der Waals surface area contributed by atoms with Gasteiger partial charge in [-0.3, -0.25) is 0 Å². The second kappa shape index (κ2) is 4.37. The standard InChI is InChI=1S/C11H23NO3/c1-6-8(13)7(5-12)15-10(9(6)14)11(2,3)4/h6-10,13-14H,5,12H2,1-4H3/t6-,7+,8-,9+,10+/m0/s1. The van der Waals surface area contributed by atoms with Crippen LogP contribution in [0.5, 0.6) is 0 Å². The number of ether oxygens (including phenoxy) is 1. The van der Waals surface area contributed by atoms with E-state index in [0.29, 0.717) is 0 Å². The summed E-state index contributed by atoms with van der Waals surface area (Å²) in [5.41, 5.74) is 5.39. The van der Waals surface area contributed by atoms with Crippen molar-refractivity contribution in [3.05, 3.63) is 0 Å². The van der Waals surface area contributed by atoms with Crippen LogP contribution in [0.25, 0.3) is 0 Å². The van der Waals surface area contributed by atoms with Crippen LogP contribution < -0.4 is 5.73 Å². The summed E-state index contributed by atoms with van der Waals surface area (Å²) in [6.45, 7) is 8.15. The van der Waals surface area contributed by atoms with E-state index in [1.165, 1.54) is 0 Å². The van der Waals surface area contributed by atoms with Gasteiger partial charge in [0.05, 0.1) is 24.4 Å². The number of nitrogens with two attached hydrogens (primary N) is 1. The van der Waals surface area contributed by atoms with E-state index in [0.717, 1.165) is 0 Å². The quantitative estimate of drug-likeness (QED) is 0.583. The van der Waals surface area contributed by atoms with Crippen molar-refractivity contribution in [3.8, 4) is 0 Å². The van der Waals surface area contributed by atoms with Crippen LogP contribution in [0, 0.1) is 11.3 Å². The van der Waals surface area contributed by atoms with E-state index >= 15 is 0 Å². The van der Waals surface area contributed by atoms with Gasteiger partial charge in [-0.05, 0) is 5.41 Å². The number of hydrogen-bond donors (Lipinski definition) is 3. The molecule has 0 amide bonds. The summed E-state index contributed by atoms with van der Waals surface area (Å²) in [5.74, 6) is -0.198. The van der Waals surface area contributed by atoms with E-state index in [1.54, 1.807) is 0 Å². The van der Waals surface area contributed by atoms with Crippen LogP contribution in [0.4, 0.5) is 0 Å². The van der Waals surface area contributed by atoms with Gasteiger partial charge in [0.1, 0.15) is 0 Å². The average molecular weight is 217 g/mol. The summed E-state index contributed by atoms with van der Waals surface area (Å²) in [7, 11) is 0. The monoisotopic (exact) mass is 217 g/mol. The predicted molar refractivity (Wildman–Crippen MR) is 58.3 cm³/mol. The Kier molecular flexibility index (Phi) is 3.76. The molecule has 4 N–H and O–H groups in total. The molecule has 0 saturated carbocycles. The van der Waals surface area contributed by atoms with Gasteiger partial charge in [-0.15, -0.1) is 0 Å². The van der Waals surface area contributed by atoms with Gasteiger partial charge in [-0.25, -0.2) is 0 Å². The number of hydrogen-bond acceptors (Lipinski definition) is 4. The Bertz CT molecular complexity index is 212. The van der Waals surface area contributed by atoms with Crippen molar-refractivity contribution in [2.45, 2.75) is 52.1 Å². The molecular formula is C11H23NO3. The van der Waals surface area contributed by atoms with E-state index in [-0.39, 0.29) is 30.1 Å². The van der Waals surface area contributed by atoms with Gasteiger partial charge in [-0.2, -0.15) is 0 Å². The summed E-state index contributed by atoms with van der Waals surface area (Å²) in [6, 6.07) is 0. The molecule has 4 heteroatoms. The van der Waals surface area contributed by atoms with Gasteiger partial charge >= 0.3 is 0 Å². The van der Waals surface area contributed by atoms with Crippen LogP contribution in [0.3, 0.4) is 0 Å². The minimum Gasteiger partial charge on any atom is -0.390 e. The summed E-state index contributed by atoms with van der Waals surface area (Å²) in [5, 5.41) is 19.9. The first-order valence-electron chi connectivity index (χ1n) is 5.50. The molecule has 15 heavy (non-hydrogen) atoms. The van der Waals surface area contributed by atoms with Crippen LogP contribution in [0.15, 0.2) is 0 Å². The van der Waals surface area contributed by atoms with Gasteiger partial charge in [0.2, 0.25) is 0 Å². The third-order valence-electron chi connectivity index (χ3n) is 3.18. The molecule has 0 aromatic carbocycles. The smallest absolute Gasteiger partial charge is 0.0964 e. The molecular weight excluding hydrogens is 194 g/mol. The molecule has 0 aromatic heterocycles. The number of aliphatic hydroxyl groups is 2. The summed E-state index contributed by atoms with van der Waals surface area (Å²) in [4.78, 5) is 0. The second-order valence-corrected chi connectivity index (χ2v) is 5.54. The molecule has 0 aromatic rings. The van der Waals surface area contributed by atoms with Crippen molar-refractivity contribution in [1.29, 1.82) is 0 Å². The average Bonchev–Trinajstić information content (AvgIpc) is 2.13. The first kappa shape index (κ1) is 12.9.